The van der Waals surface area contributed by atoms with E-state index in [2.05, 4.69) is 5.92 Å². The lowest BCUT2D eigenvalue weighted by Gasteiger charge is -2.32. The van der Waals surface area contributed by atoms with Gasteiger partial charge in [-0.1, -0.05) is 25.7 Å². The van der Waals surface area contributed by atoms with E-state index in [1.54, 1.807) is 0 Å². The van der Waals surface area contributed by atoms with Gasteiger partial charge in [0.15, 0.2) is 0 Å². The molecule has 0 heterocycles. The van der Waals surface area contributed by atoms with E-state index in [0.29, 0.717) is 6.42 Å². The Morgan fingerprint density at radius 2 is 1.65 bits per heavy atom. The summed E-state index contributed by atoms with van der Waals surface area (Å²) in [5.41, 5.74) is -0.932. The average Bonchev–Trinajstić information content (AvgIpc) is 2.42. The van der Waals surface area contributed by atoms with Crippen LogP contribution in [0.3, 0.4) is 0 Å². The lowest BCUT2D eigenvalue weighted by atomic mass is 9.74. The van der Waals surface area contributed by atoms with E-state index < -0.39 is 36.8 Å². The second-order valence-corrected chi connectivity index (χ2v) is 5.02. The molecule has 0 aliphatic heterocycles. The van der Waals surface area contributed by atoms with Crippen molar-refractivity contribution < 1.29 is 30.3 Å². The summed E-state index contributed by atoms with van der Waals surface area (Å²) >= 11 is 0. The summed E-state index contributed by atoms with van der Waals surface area (Å²) in [6, 6.07) is 0. The molecule has 0 saturated carbocycles. The number of aliphatic carboxylic acids is 1. The van der Waals surface area contributed by atoms with E-state index in [1.165, 1.54) is 0 Å². The summed E-state index contributed by atoms with van der Waals surface area (Å²) in [6.07, 6.45) is 0.104. The summed E-state index contributed by atoms with van der Waals surface area (Å²) in [7, 11) is 0. The SMILES string of the molecule is CCCCC(C#CC(=O)O)(CC(O)CO)CC(O)CO. The second kappa shape index (κ2) is 9.72. The van der Waals surface area contributed by atoms with Crippen molar-refractivity contribution in [3.63, 3.8) is 0 Å². The highest BCUT2D eigenvalue weighted by molar-refractivity contribution is 5.86. The number of aliphatic hydroxyl groups excluding tert-OH is 4. The Morgan fingerprint density at radius 3 is 2.00 bits per heavy atom. The van der Waals surface area contributed by atoms with Crippen LogP contribution in [0.1, 0.15) is 39.0 Å². The summed E-state index contributed by atoms with van der Waals surface area (Å²) in [5, 5.41) is 45.9. The molecule has 2 atom stereocenters. The van der Waals surface area contributed by atoms with Gasteiger partial charge >= 0.3 is 5.97 Å². The van der Waals surface area contributed by atoms with Gasteiger partial charge in [0.1, 0.15) is 0 Å². The molecule has 0 amide bonds. The maximum Gasteiger partial charge on any atom is 0.381 e. The van der Waals surface area contributed by atoms with E-state index in [-0.39, 0.29) is 12.8 Å². The van der Waals surface area contributed by atoms with Gasteiger partial charge in [-0.25, -0.2) is 4.79 Å². The highest BCUT2D eigenvalue weighted by Crippen LogP contribution is 2.35. The average molecular weight is 288 g/mol. The maximum absolute atomic E-state index is 10.6. The Hall–Kier alpha value is -1.13. The first-order valence-electron chi connectivity index (χ1n) is 6.73. The van der Waals surface area contributed by atoms with Crippen molar-refractivity contribution in [2.45, 2.75) is 51.2 Å². The van der Waals surface area contributed by atoms with Gasteiger partial charge in [-0.05, 0) is 19.3 Å². The molecule has 0 rings (SSSR count). The molecule has 0 aromatic carbocycles. The predicted octanol–water partition coefficient (Wildman–Crippen LogP) is -0.262. The van der Waals surface area contributed by atoms with Crippen molar-refractivity contribution in [3.05, 3.63) is 0 Å². The maximum atomic E-state index is 10.6. The number of rotatable bonds is 9. The molecule has 20 heavy (non-hydrogen) atoms. The van der Waals surface area contributed by atoms with Crippen molar-refractivity contribution >= 4 is 5.97 Å². The topological polar surface area (TPSA) is 118 Å². The third-order valence-electron chi connectivity index (χ3n) is 3.12. The van der Waals surface area contributed by atoms with Gasteiger partial charge in [-0.3, -0.25) is 0 Å². The predicted molar refractivity (Wildman–Crippen MR) is 72.8 cm³/mol. The molecular formula is C14H24O6. The highest BCUT2D eigenvalue weighted by atomic mass is 16.4. The Balaban J connectivity index is 5.26. The van der Waals surface area contributed by atoms with Gasteiger partial charge in [0.2, 0.25) is 0 Å². The molecule has 0 aromatic heterocycles. The standard InChI is InChI=1S/C14H24O6/c1-2-3-5-14(6-4-13(19)20,7-11(17)9-15)8-12(18)10-16/h11-12,15-18H,2-3,5,7-10H2,1H3,(H,19,20). The number of carboxylic acids is 1. The number of hydrogen-bond donors (Lipinski definition) is 5. The molecule has 0 aromatic rings. The molecule has 6 nitrogen and oxygen atoms in total. The molecule has 0 spiro atoms. The number of unbranched alkanes of at least 4 members (excludes halogenated alkanes) is 1. The fourth-order valence-electron chi connectivity index (χ4n) is 2.18. The summed E-state index contributed by atoms with van der Waals surface area (Å²) in [6.45, 7) is 1.04. The number of aliphatic hydroxyl groups is 4. The molecule has 2 unspecified atom stereocenters. The van der Waals surface area contributed by atoms with Gasteiger partial charge in [0.25, 0.3) is 0 Å². The van der Waals surface area contributed by atoms with Crippen LogP contribution in [0.4, 0.5) is 0 Å². The van der Waals surface area contributed by atoms with Crippen molar-refractivity contribution in [1.82, 2.24) is 0 Å². The van der Waals surface area contributed by atoms with Gasteiger partial charge < -0.3 is 25.5 Å². The van der Waals surface area contributed by atoms with Crippen LogP contribution in [0, 0.1) is 17.3 Å². The van der Waals surface area contributed by atoms with Crippen LogP contribution >= 0.6 is 0 Å². The smallest absolute Gasteiger partial charge is 0.381 e. The van der Waals surface area contributed by atoms with Gasteiger partial charge in [0.05, 0.1) is 25.4 Å². The lowest BCUT2D eigenvalue weighted by molar-refractivity contribution is -0.130. The first-order valence-corrected chi connectivity index (χ1v) is 6.73. The van der Waals surface area contributed by atoms with Gasteiger partial charge in [-0.2, -0.15) is 0 Å². The first-order chi connectivity index (χ1) is 9.39. The van der Waals surface area contributed by atoms with E-state index in [0.717, 1.165) is 12.8 Å². The third kappa shape index (κ3) is 7.46. The van der Waals surface area contributed by atoms with Crippen LogP contribution in [-0.4, -0.2) is 56.9 Å². The van der Waals surface area contributed by atoms with E-state index >= 15 is 0 Å². The molecule has 5 N–H and O–H groups in total. The minimum atomic E-state index is -1.29. The van der Waals surface area contributed by atoms with Gasteiger partial charge in [-0.15, -0.1) is 0 Å². The highest BCUT2D eigenvalue weighted by Gasteiger charge is 2.32. The number of carboxylic acid groups (broad SMARTS) is 1. The van der Waals surface area contributed by atoms with E-state index in [1.807, 2.05) is 12.8 Å². The zero-order valence-corrected chi connectivity index (χ0v) is 11.7. The quantitative estimate of drug-likeness (QED) is 0.373. The normalized spacial score (nSPS) is 16.6. The number of hydrogen-bond acceptors (Lipinski definition) is 5. The van der Waals surface area contributed by atoms with Crippen molar-refractivity contribution in [2.75, 3.05) is 13.2 Å². The Bertz CT molecular complexity index is 331. The van der Waals surface area contributed by atoms with E-state index in [4.69, 9.17) is 15.3 Å². The Morgan fingerprint density at radius 1 is 1.15 bits per heavy atom. The van der Waals surface area contributed by atoms with Crippen LogP contribution < -0.4 is 0 Å². The molecule has 0 aliphatic carbocycles. The molecular weight excluding hydrogens is 264 g/mol. The summed E-state index contributed by atoms with van der Waals surface area (Å²) < 4.78 is 0. The van der Waals surface area contributed by atoms with Crippen LogP contribution in [-0.2, 0) is 4.79 Å². The van der Waals surface area contributed by atoms with E-state index in [9.17, 15) is 15.0 Å². The fourth-order valence-corrected chi connectivity index (χ4v) is 2.18. The Kier molecular flexibility index (Phi) is 9.17. The van der Waals surface area contributed by atoms with Crippen LogP contribution in [0.25, 0.3) is 0 Å². The molecule has 116 valence electrons. The van der Waals surface area contributed by atoms with Crippen molar-refractivity contribution in [3.8, 4) is 11.8 Å². The molecule has 0 saturated heterocycles. The summed E-state index contributed by atoms with van der Waals surface area (Å²) in [5.74, 6) is 3.35. The molecule has 0 radical (unpaired) electrons. The molecule has 0 fully saturated rings. The third-order valence-corrected chi connectivity index (χ3v) is 3.12. The zero-order chi connectivity index (χ0) is 15.6. The molecule has 0 bridgehead atoms. The van der Waals surface area contributed by atoms with Crippen LogP contribution in [0.5, 0.6) is 0 Å². The monoisotopic (exact) mass is 288 g/mol. The van der Waals surface area contributed by atoms with Crippen LogP contribution in [0.2, 0.25) is 0 Å². The molecule has 0 aliphatic rings. The lowest BCUT2D eigenvalue weighted by Crippen LogP contribution is -2.32. The number of carbonyl (C=O) groups is 1. The largest absolute Gasteiger partial charge is 0.472 e. The van der Waals surface area contributed by atoms with Gasteiger partial charge in [0, 0.05) is 11.3 Å². The fraction of sp³-hybridized carbons (Fsp3) is 0.786. The zero-order valence-electron chi connectivity index (χ0n) is 11.7. The Labute approximate surface area is 119 Å². The van der Waals surface area contributed by atoms with Crippen molar-refractivity contribution in [2.24, 2.45) is 5.41 Å². The summed E-state index contributed by atoms with van der Waals surface area (Å²) in [4.78, 5) is 10.6. The van der Waals surface area contributed by atoms with Crippen LogP contribution in [0.15, 0.2) is 0 Å². The van der Waals surface area contributed by atoms with Crippen molar-refractivity contribution in [1.29, 1.82) is 0 Å². The minimum absolute atomic E-state index is 0.0564. The molecule has 6 heteroatoms. The minimum Gasteiger partial charge on any atom is -0.472 e. The second-order valence-electron chi connectivity index (χ2n) is 5.02. The first kappa shape index (κ1) is 18.9.